The van der Waals surface area contributed by atoms with Gasteiger partial charge in [-0.3, -0.25) is 10.00 Å². The zero-order valence-electron chi connectivity index (χ0n) is 12.9. The minimum atomic E-state index is 0.0244. The van der Waals surface area contributed by atoms with Crippen LogP contribution in [0, 0.1) is 4.77 Å². The van der Waals surface area contributed by atoms with Gasteiger partial charge in [0, 0.05) is 17.5 Å². The van der Waals surface area contributed by atoms with Crippen molar-refractivity contribution in [2.75, 3.05) is 0 Å². The standard InChI is InChI=1S/C15H26N4S/c1-15(2,3)13-16-14(20)19(17-13)10-18(12-8-9-12)11-6-4-5-7-11/h11-12H,4-10H2,1-3H3,(H,16,17,20). The monoisotopic (exact) mass is 294 g/mol. The van der Waals surface area contributed by atoms with E-state index in [9.17, 15) is 0 Å². The Morgan fingerprint density at radius 2 is 1.80 bits per heavy atom. The highest BCUT2D eigenvalue weighted by atomic mass is 32.1. The largest absolute Gasteiger partial charge is 0.281 e. The van der Waals surface area contributed by atoms with Crippen LogP contribution >= 0.6 is 12.2 Å². The van der Waals surface area contributed by atoms with Crippen molar-refractivity contribution in [3.63, 3.8) is 0 Å². The Hall–Kier alpha value is -0.680. The van der Waals surface area contributed by atoms with Gasteiger partial charge in [-0.05, 0) is 37.9 Å². The van der Waals surface area contributed by atoms with Gasteiger partial charge in [-0.25, -0.2) is 9.67 Å². The third-order valence-electron chi connectivity index (χ3n) is 4.50. The van der Waals surface area contributed by atoms with Crippen molar-refractivity contribution < 1.29 is 0 Å². The lowest BCUT2D eigenvalue weighted by Crippen LogP contribution is -2.37. The number of rotatable bonds is 4. The van der Waals surface area contributed by atoms with E-state index in [0.29, 0.717) is 4.77 Å². The molecule has 1 aromatic rings. The fourth-order valence-corrected chi connectivity index (χ4v) is 3.32. The zero-order valence-corrected chi connectivity index (χ0v) is 13.7. The molecule has 0 atom stereocenters. The predicted molar refractivity (Wildman–Crippen MR) is 83.2 cm³/mol. The van der Waals surface area contributed by atoms with Crippen LogP contribution in [0.15, 0.2) is 0 Å². The van der Waals surface area contributed by atoms with Crippen LogP contribution in [0.3, 0.4) is 0 Å². The molecule has 0 spiro atoms. The lowest BCUT2D eigenvalue weighted by Gasteiger charge is -2.28. The molecular formula is C15H26N4S. The molecule has 0 radical (unpaired) electrons. The third kappa shape index (κ3) is 2.98. The number of aromatic amines is 1. The highest BCUT2D eigenvalue weighted by molar-refractivity contribution is 7.71. The quantitative estimate of drug-likeness (QED) is 0.862. The van der Waals surface area contributed by atoms with Gasteiger partial charge < -0.3 is 0 Å². The van der Waals surface area contributed by atoms with Crippen molar-refractivity contribution in [1.82, 2.24) is 19.7 Å². The maximum absolute atomic E-state index is 5.44. The van der Waals surface area contributed by atoms with Crippen LogP contribution < -0.4 is 0 Å². The highest BCUT2D eigenvalue weighted by Crippen LogP contribution is 2.34. The molecule has 0 saturated heterocycles. The number of hydrogen-bond donors (Lipinski definition) is 1. The fraction of sp³-hybridized carbons (Fsp3) is 0.867. The molecule has 2 aliphatic rings. The van der Waals surface area contributed by atoms with E-state index in [4.69, 9.17) is 12.2 Å². The molecule has 1 N–H and O–H groups in total. The third-order valence-corrected chi connectivity index (χ3v) is 4.82. The summed E-state index contributed by atoms with van der Waals surface area (Å²) in [7, 11) is 0. The maximum Gasteiger partial charge on any atom is 0.217 e. The van der Waals surface area contributed by atoms with Crippen molar-refractivity contribution in [3.8, 4) is 0 Å². The summed E-state index contributed by atoms with van der Waals surface area (Å²) in [6, 6.07) is 1.53. The highest BCUT2D eigenvalue weighted by Gasteiger charge is 2.35. The van der Waals surface area contributed by atoms with Gasteiger partial charge in [0.2, 0.25) is 4.77 Å². The number of nitrogens with one attached hydrogen (secondary N) is 1. The van der Waals surface area contributed by atoms with Gasteiger partial charge in [0.25, 0.3) is 0 Å². The maximum atomic E-state index is 5.44. The van der Waals surface area contributed by atoms with E-state index in [1.165, 1.54) is 38.5 Å². The van der Waals surface area contributed by atoms with E-state index >= 15 is 0 Å². The second kappa shape index (κ2) is 5.26. The second-order valence-corrected chi connectivity index (χ2v) is 7.72. The number of hydrogen-bond acceptors (Lipinski definition) is 3. The smallest absolute Gasteiger partial charge is 0.217 e. The topological polar surface area (TPSA) is 36.9 Å². The first-order chi connectivity index (χ1) is 9.45. The van der Waals surface area contributed by atoms with Gasteiger partial charge >= 0.3 is 0 Å². The predicted octanol–water partition coefficient (Wildman–Crippen LogP) is 3.60. The number of nitrogens with zero attached hydrogens (tertiary/aromatic N) is 3. The summed E-state index contributed by atoms with van der Waals surface area (Å²) in [6.07, 6.45) is 8.17. The Bertz CT molecular complexity index is 515. The van der Waals surface area contributed by atoms with Crippen LogP contribution in [0.25, 0.3) is 0 Å². The minimum absolute atomic E-state index is 0.0244. The molecule has 0 amide bonds. The molecule has 1 heterocycles. The summed E-state index contributed by atoms with van der Waals surface area (Å²) in [6.45, 7) is 7.39. The van der Waals surface area contributed by atoms with Crippen LogP contribution in [0.5, 0.6) is 0 Å². The molecule has 0 bridgehead atoms. The van der Waals surface area contributed by atoms with Crippen LogP contribution in [0.2, 0.25) is 0 Å². The van der Waals surface area contributed by atoms with Gasteiger partial charge in [-0.2, -0.15) is 0 Å². The normalized spacial score (nSPS) is 21.0. The van der Waals surface area contributed by atoms with E-state index in [-0.39, 0.29) is 5.41 Å². The van der Waals surface area contributed by atoms with Gasteiger partial charge in [0.1, 0.15) is 5.82 Å². The average molecular weight is 294 g/mol. The van der Waals surface area contributed by atoms with Crippen molar-refractivity contribution in [2.45, 2.75) is 83.5 Å². The molecule has 20 heavy (non-hydrogen) atoms. The average Bonchev–Trinajstić information content (AvgIpc) is 2.91. The fourth-order valence-electron chi connectivity index (χ4n) is 3.12. The van der Waals surface area contributed by atoms with E-state index in [2.05, 4.69) is 40.4 Å². The molecule has 112 valence electrons. The lowest BCUT2D eigenvalue weighted by molar-refractivity contribution is 0.134. The number of aromatic nitrogens is 3. The summed E-state index contributed by atoms with van der Waals surface area (Å²) in [5, 5.41) is 3.42. The Balaban J connectivity index is 1.78. The molecule has 2 fully saturated rings. The van der Waals surface area contributed by atoms with Gasteiger partial charge in [0.15, 0.2) is 0 Å². The Morgan fingerprint density at radius 3 is 2.30 bits per heavy atom. The first-order valence-electron chi connectivity index (χ1n) is 7.88. The molecule has 2 aliphatic carbocycles. The van der Waals surface area contributed by atoms with Gasteiger partial charge in [-0.15, -0.1) is 0 Å². The van der Waals surface area contributed by atoms with Crippen LogP contribution in [0.4, 0.5) is 0 Å². The SMILES string of the molecule is CC(C)(C)c1nc(=S)n(CN(C2CCCC2)C2CC2)[nH]1. The Labute approximate surface area is 126 Å². The Morgan fingerprint density at radius 1 is 1.20 bits per heavy atom. The van der Waals surface area contributed by atoms with Crippen LogP contribution in [-0.4, -0.2) is 31.7 Å². The van der Waals surface area contributed by atoms with Gasteiger partial charge in [0.05, 0.1) is 6.67 Å². The van der Waals surface area contributed by atoms with Crippen molar-refractivity contribution in [3.05, 3.63) is 10.6 Å². The minimum Gasteiger partial charge on any atom is -0.281 e. The van der Waals surface area contributed by atoms with Crippen molar-refractivity contribution in [2.24, 2.45) is 0 Å². The van der Waals surface area contributed by atoms with Gasteiger partial charge in [-0.1, -0.05) is 33.6 Å². The molecule has 1 aromatic heterocycles. The zero-order chi connectivity index (χ0) is 14.3. The van der Waals surface area contributed by atoms with Crippen molar-refractivity contribution in [1.29, 1.82) is 0 Å². The van der Waals surface area contributed by atoms with Crippen LogP contribution in [-0.2, 0) is 12.1 Å². The number of H-pyrrole nitrogens is 1. The summed E-state index contributed by atoms with van der Waals surface area (Å²) in [4.78, 5) is 7.20. The summed E-state index contributed by atoms with van der Waals surface area (Å²) in [5.41, 5.74) is 0.0244. The summed E-state index contributed by atoms with van der Waals surface area (Å²) in [5.74, 6) is 0.990. The molecule has 0 aromatic carbocycles. The molecule has 4 nitrogen and oxygen atoms in total. The first-order valence-corrected chi connectivity index (χ1v) is 8.29. The first kappa shape index (κ1) is 14.3. The molecule has 0 unspecified atom stereocenters. The molecule has 2 saturated carbocycles. The lowest BCUT2D eigenvalue weighted by atomic mass is 9.96. The van der Waals surface area contributed by atoms with E-state index in [1.54, 1.807) is 0 Å². The van der Waals surface area contributed by atoms with E-state index < -0.39 is 0 Å². The summed E-state index contributed by atoms with van der Waals surface area (Å²) >= 11 is 5.44. The molecule has 5 heteroatoms. The molecule has 0 aliphatic heterocycles. The van der Waals surface area contributed by atoms with Crippen molar-refractivity contribution >= 4 is 12.2 Å². The van der Waals surface area contributed by atoms with E-state index in [1.807, 2.05) is 0 Å². The van der Waals surface area contributed by atoms with Crippen LogP contribution in [0.1, 0.15) is 65.1 Å². The van der Waals surface area contributed by atoms with E-state index in [0.717, 1.165) is 24.6 Å². The Kier molecular flexibility index (Phi) is 3.75. The summed E-state index contributed by atoms with van der Waals surface area (Å²) < 4.78 is 2.76. The molecule has 3 rings (SSSR count). The second-order valence-electron chi connectivity index (χ2n) is 7.36. The molecular weight excluding hydrogens is 268 g/mol.